The van der Waals surface area contributed by atoms with Gasteiger partial charge in [0.05, 0.1) is 26.6 Å². The molecule has 2 heterocycles. The first-order chi connectivity index (χ1) is 19.9. The van der Waals surface area contributed by atoms with E-state index in [1.807, 2.05) is 54.6 Å². The predicted molar refractivity (Wildman–Crippen MR) is 161 cm³/mol. The number of hydrogen-bond donors (Lipinski definition) is 2. The summed E-state index contributed by atoms with van der Waals surface area (Å²) in [5, 5.41) is 20.3. The van der Waals surface area contributed by atoms with Gasteiger partial charge < -0.3 is 5.32 Å². The van der Waals surface area contributed by atoms with Crippen molar-refractivity contribution in [3.63, 3.8) is 0 Å². The minimum atomic E-state index is -0.524. The Labute approximate surface area is 247 Å². The molecule has 200 valence electrons. The third-order valence-electron chi connectivity index (χ3n) is 6.18. The van der Waals surface area contributed by atoms with Crippen molar-refractivity contribution in [2.45, 2.75) is 4.34 Å². The quantitative estimate of drug-likeness (QED) is 0.0920. The van der Waals surface area contributed by atoms with Crippen LogP contribution >= 0.6 is 35.6 Å². The van der Waals surface area contributed by atoms with E-state index in [-0.39, 0.29) is 10.7 Å². The number of carbonyl (C=O) groups is 1. The van der Waals surface area contributed by atoms with E-state index >= 15 is 0 Å². The second-order valence-electron chi connectivity index (χ2n) is 8.81. The van der Waals surface area contributed by atoms with Crippen molar-refractivity contribution >= 4 is 69.6 Å². The van der Waals surface area contributed by atoms with E-state index in [2.05, 4.69) is 23.0 Å². The summed E-state index contributed by atoms with van der Waals surface area (Å²) in [6, 6.07) is 28.3. The molecular weight excluding hydrogens is 580 g/mol. The fraction of sp³-hybridized carbons (Fsp3) is 0. The lowest BCUT2D eigenvalue weighted by Gasteiger charge is -2.11. The largest absolute Gasteiger partial charge is 0.450 e. The summed E-state index contributed by atoms with van der Waals surface area (Å²) in [5.41, 5.74) is 2.91. The monoisotopic (exact) mass is 597 g/mol. The zero-order valence-electron chi connectivity index (χ0n) is 20.9. The van der Waals surface area contributed by atoms with Crippen LogP contribution in [0.1, 0.15) is 10.4 Å². The zero-order chi connectivity index (χ0) is 28.5. The maximum atomic E-state index is 13.5. The van der Waals surface area contributed by atoms with E-state index in [0.29, 0.717) is 37.8 Å². The Morgan fingerprint density at radius 3 is 2.44 bits per heavy atom. The minimum absolute atomic E-state index is 0.152. The Balaban J connectivity index is 1.32. The molecule has 6 aromatic rings. The van der Waals surface area contributed by atoms with Crippen LogP contribution in [0, 0.1) is 10.1 Å². The van der Waals surface area contributed by atoms with Gasteiger partial charge in [0.15, 0.2) is 5.82 Å². The molecule has 0 aliphatic carbocycles. The fourth-order valence-corrected chi connectivity index (χ4v) is 5.62. The van der Waals surface area contributed by atoms with Gasteiger partial charge in [0.25, 0.3) is 5.69 Å². The van der Waals surface area contributed by atoms with Gasteiger partial charge in [-0.3, -0.25) is 10.1 Å². The molecule has 2 aromatic heterocycles. The van der Waals surface area contributed by atoms with Gasteiger partial charge in [0.1, 0.15) is 5.82 Å². The highest BCUT2D eigenvalue weighted by Crippen LogP contribution is 2.34. The van der Waals surface area contributed by atoms with E-state index in [0.717, 1.165) is 32.5 Å². The lowest BCUT2D eigenvalue weighted by Crippen LogP contribution is -2.46. The molecule has 0 atom stereocenters. The van der Waals surface area contributed by atoms with Gasteiger partial charge in [-0.15, -0.1) is 12.6 Å². The number of halogens is 1. The van der Waals surface area contributed by atoms with Gasteiger partial charge in [-0.05, 0) is 53.8 Å². The second-order valence-corrected chi connectivity index (χ2v) is 10.9. The van der Waals surface area contributed by atoms with Crippen LogP contribution in [0.15, 0.2) is 101 Å². The van der Waals surface area contributed by atoms with E-state index < -0.39 is 10.8 Å². The summed E-state index contributed by atoms with van der Waals surface area (Å²) < 4.78 is 1.46. The molecule has 0 saturated carbocycles. The first-order valence-corrected chi connectivity index (χ1v) is 13.8. The number of fused-ring (bicyclic) bond motifs is 1. The summed E-state index contributed by atoms with van der Waals surface area (Å²) >= 11 is 11.7. The van der Waals surface area contributed by atoms with Crippen LogP contribution in [0.5, 0.6) is 0 Å². The lowest BCUT2D eigenvalue weighted by atomic mass is 10.1. The maximum absolute atomic E-state index is 13.5. The molecule has 4 aromatic carbocycles. The average Bonchev–Trinajstić information content (AvgIpc) is 3.39. The number of nitrogens with zero attached hydrogens (tertiary/aromatic N) is 5. The molecule has 0 radical (unpaired) electrons. The molecule has 0 amide bonds. The Bertz CT molecular complexity index is 1950. The van der Waals surface area contributed by atoms with Crippen molar-refractivity contribution < 1.29 is 14.4 Å². The van der Waals surface area contributed by atoms with Gasteiger partial charge >= 0.3 is 10.9 Å². The third kappa shape index (κ3) is 5.38. The van der Waals surface area contributed by atoms with E-state index in [1.54, 1.807) is 24.3 Å². The minimum Gasteiger partial charge on any atom is -0.340 e. The number of non-ortho nitro benzene ring substituents is 1. The van der Waals surface area contributed by atoms with Crippen LogP contribution in [0.2, 0.25) is 5.02 Å². The van der Waals surface area contributed by atoms with Crippen LogP contribution in [0.4, 0.5) is 17.2 Å². The molecule has 1 N–H and O–H groups in total. The van der Waals surface area contributed by atoms with Crippen LogP contribution in [0.3, 0.4) is 0 Å². The standard InChI is InChI=1S/C29H17ClN6O3S2/c30-23-15-14-20(36(38)39)16-22(23)28-35(34-29(40)41-28)27(37)18-10-12-19(13-11-18)31-26-21-8-4-5-9-24(21)32-25(33-26)17-6-2-1-3-7-17/h1-16H,(H-,31,32,33,34,37,40)/p+1. The van der Waals surface area contributed by atoms with Gasteiger partial charge in [0, 0.05) is 38.6 Å². The second kappa shape index (κ2) is 11.0. The summed E-state index contributed by atoms with van der Waals surface area (Å²) in [7, 11) is 0. The number of para-hydroxylation sites is 1. The molecular formula is C29H18ClN6O3S2+. The van der Waals surface area contributed by atoms with Gasteiger partial charge in [-0.25, -0.2) is 14.8 Å². The number of rotatable bonds is 6. The van der Waals surface area contributed by atoms with E-state index in [4.69, 9.17) is 21.6 Å². The number of nitro benzene ring substituents is 1. The van der Waals surface area contributed by atoms with Crippen molar-refractivity contribution in [2.24, 2.45) is 0 Å². The smallest absolute Gasteiger partial charge is 0.340 e. The van der Waals surface area contributed by atoms with Crippen LogP contribution < -0.4 is 10.00 Å². The normalized spacial score (nSPS) is 11.0. The molecule has 41 heavy (non-hydrogen) atoms. The molecule has 6 rings (SSSR count). The molecule has 0 unspecified atom stereocenters. The average molecular weight is 598 g/mol. The maximum Gasteiger partial charge on any atom is 0.450 e. The van der Waals surface area contributed by atoms with Crippen molar-refractivity contribution in [3.05, 3.63) is 118 Å². The molecule has 0 fully saturated rings. The molecule has 12 heteroatoms. The topological polar surface area (TPSA) is 115 Å². The number of nitro groups is 1. The van der Waals surface area contributed by atoms with E-state index in [9.17, 15) is 14.9 Å². The van der Waals surface area contributed by atoms with Gasteiger partial charge in [-0.1, -0.05) is 54.1 Å². The van der Waals surface area contributed by atoms with Crippen LogP contribution in [0.25, 0.3) is 32.9 Å². The highest BCUT2D eigenvalue weighted by atomic mass is 35.5. The Morgan fingerprint density at radius 1 is 0.951 bits per heavy atom. The molecule has 9 nitrogen and oxygen atoms in total. The highest BCUT2D eigenvalue weighted by molar-refractivity contribution is 7.82. The number of aromatic nitrogens is 4. The lowest BCUT2D eigenvalue weighted by molar-refractivity contribution is -0.621. The molecule has 0 saturated heterocycles. The number of carbonyl (C=O) groups excluding carboxylic acids is 1. The zero-order valence-corrected chi connectivity index (χ0v) is 23.4. The van der Waals surface area contributed by atoms with Crippen molar-refractivity contribution in [2.75, 3.05) is 5.32 Å². The third-order valence-corrected chi connectivity index (χ3v) is 7.72. The van der Waals surface area contributed by atoms with Crippen LogP contribution in [-0.4, -0.2) is 25.9 Å². The summed E-state index contributed by atoms with van der Waals surface area (Å²) in [4.78, 5) is 33.8. The first-order valence-electron chi connectivity index (χ1n) is 12.2. The van der Waals surface area contributed by atoms with Gasteiger partial charge in [-0.2, -0.15) is 0 Å². The summed E-state index contributed by atoms with van der Waals surface area (Å²) in [5.74, 6) is 0.780. The number of hydrogen-bond acceptors (Lipinski definition) is 9. The van der Waals surface area contributed by atoms with Crippen molar-refractivity contribution in [1.29, 1.82) is 0 Å². The van der Waals surface area contributed by atoms with Crippen molar-refractivity contribution in [1.82, 2.24) is 15.1 Å². The number of benzene rings is 4. The number of thiol groups is 1. The molecule has 0 aliphatic rings. The summed E-state index contributed by atoms with van der Waals surface area (Å²) in [6.07, 6.45) is 0. The van der Waals surface area contributed by atoms with Gasteiger partial charge in [0.2, 0.25) is 4.34 Å². The fourth-order valence-electron chi connectivity index (χ4n) is 4.22. The Morgan fingerprint density at radius 2 is 1.68 bits per heavy atom. The van der Waals surface area contributed by atoms with E-state index in [1.165, 1.54) is 18.2 Å². The molecule has 0 bridgehead atoms. The Hall–Kier alpha value is -4.71. The Kier molecular flexibility index (Phi) is 7.14. The first kappa shape index (κ1) is 26.5. The summed E-state index contributed by atoms with van der Waals surface area (Å²) in [6.45, 7) is 0. The number of nitrogens with one attached hydrogen (secondary N) is 1. The molecule has 0 spiro atoms. The van der Waals surface area contributed by atoms with Crippen molar-refractivity contribution in [3.8, 4) is 22.0 Å². The predicted octanol–water partition coefficient (Wildman–Crippen LogP) is 6.99. The SMILES string of the molecule is O=C(c1ccc(Nc2nc(-c3ccccc3)nc3ccccc23)cc1)[n+]1nc(S)sc1-c1cc([N+](=O)[O-])ccc1Cl. The van der Waals surface area contributed by atoms with Crippen LogP contribution in [-0.2, 0) is 0 Å². The molecule has 0 aliphatic heterocycles. The highest BCUT2D eigenvalue weighted by Gasteiger charge is 2.32. The number of anilines is 2.